The van der Waals surface area contributed by atoms with E-state index in [1.807, 2.05) is 6.07 Å². The van der Waals surface area contributed by atoms with Gasteiger partial charge in [0.1, 0.15) is 5.76 Å². The van der Waals surface area contributed by atoms with Crippen LogP contribution in [0.2, 0.25) is 0 Å². The van der Waals surface area contributed by atoms with Crippen molar-refractivity contribution in [1.82, 2.24) is 4.90 Å². The van der Waals surface area contributed by atoms with E-state index in [1.54, 1.807) is 6.07 Å². The van der Waals surface area contributed by atoms with Gasteiger partial charge in [-0.15, -0.1) is 0 Å². The molecule has 1 aliphatic heterocycles. The van der Waals surface area contributed by atoms with Crippen LogP contribution in [0.4, 0.5) is 0 Å². The van der Waals surface area contributed by atoms with Crippen LogP contribution in [0.25, 0.3) is 0 Å². The third-order valence-electron chi connectivity index (χ3n) is 4.22. The summed E-state index contributed by atoms with van der Waals surface area (Å²) >= 11 is 0. The van der Waals surface area contributed by atoms with Crippen molar-refractivity contribution in [2.45, 2.75) is 58.0 Å². The molecule has 0 aliphatic carbocycles. The van der Waals surface area contributed by atoms with Crippen molar-refractivity contribution < 1.29 is 13.9 Å². The predicted octanol–water partition coefficient (Wildman–Crippen LogP) is 3.78. The summed E-state index contributed by atoms with van der Waals surface area (Å²) in [5.74, 6) is 0.735. The highest BCUT2D eigenvalue weighted by Crippen LogP contribution is 2.31. The second-order valence-corrected chi connectivity index (χ2v) is 5.55. The van der Waals surface area contributed by atoms with Gasteiger partial charge in [0.2, 0.25) is 5.76 Å². The van der Waals surface area contributed by atoms with E-state index >= 15 is 0 Å². The minimum Gasteiger partial charge on any atom is -0.463 e. The molecular weight excluding hydrogens is 254 g/mol. The number of hydrogen-bond donors (Lipinski definition) is 0. The molecule has 1 aliphatic rings. The quantitative estimate of drug-likeness (QED) is 0.769. The Morgan fingerprint density at radius 2 is 2.30 bits per heavy atom. The molecule has 1 fully saturated rings. The van der Waals surface area contributed by atoms with Crippen molar-refractivity contribution in [2.75, 3.05) is 13.7 Å². The molecule has 2 heterocycles. The van der Waals surface area contributed by atoms with E-state index in [0.717, 1.165) is 12.3 Å². The molecule has 0 aromatic carbocycles. The number of likely N-dealkylation sites (tertiary alicyclic amines) is 1. The fourth-order valence-corrected chi connectivity index (χ4v) is 3.13. The van der Waals surface area contributed by atoms with E-state index in [9.17, 15) is 4.79 Å². The molecule has 4 nitrogen and oxygen atoms in total. The van der Waals surface area contributed by atoms with Crippen LogP contribution in [0.5, 0.6) is 0 Å². The van der Waals surface area contributed by atoms with Gasteiger partial charge >= 0.3 is 5.97 Å². The van der Waals surface area contributed by atoms with Crippen molar-refractivity contribution in [3.8, 4) is 0 Å². The number of rotatable bonds is 5. The van der Waals surface area contributed by atoms with E-state index in [0.29, 0.717) is 11.8 Å². The lowest BCUT2D eigenvalue weighted by Gasteiger charge is -2.39. The number of piperidine rings is 1. The van der Waals surface area contributed by atoms with Crippen LogP contribution in [0.15, 0.2) is 16.5 Å². The zero-order chi connectivity index (χ0) is 14.5. The molecule has 1 aromatic rings. The first-order chi connectivity index (χ1) is 9.67. The smallest absolute Gasteiger partial charge is 0.373 e. The number of carbonyl (C=O) groups excluding carboxylic acids is 1. The second-order valence-electron chi connectivity index (χ2n) is 5.55. The normalized spacial score (nSPS) is 21.6. The minimum atomic E-state index is -0.410. The van der Waals surface area contributed by atoms with Gasteiger partial charge in [-0.3, -0.25) is 4.90 Å². The number of hydrogen-bond acceptors (Lipinski definition) is 4. The molecule has 0 spiro atoms. The summed E-state index contributed by atoms with van der Waals surface area (Å²) in [6.45, 7) is 5.51. The van der Waals surface area contributed by atoms with Crippen LogP contribution in [-0.4, -0.2) is 30.6 Å². The summed E-state index contributed by atoms with van der Waals surface area (Å²) in [5.41, 5.74) is 0. The van der Waals surface area contributed by atoms with Gasteiger partial charge in [0.05, 0.1) is 13.2 Å². The fraction of sp³-hybridized carbons (Fsp3) is 0.688. The molecular formula is C16H25NO3. The molecule has 0 amide bonds. The second kappa shape index (κ2) is 6.93. The maximum absolute atomic E-state index is 11.5. The summed E-state index contributed by atoms with van der Waals surface area (Å²) in [5, 5.41) is 0. The molecule has 0 saturated carbocycles. The molecule has 1 saturated heterocycles. The zero-order valence-electron chi connectivity index (χ0n) is 12.7. The Kier molecular flexibility index (Phi) is 5.24. The summed E-state index contributed by atoms with van der Waals surface area (Å²) in [6.07, 6.45) is 6.27. The third kappa shape index (κ3) is 3.23. The SMILES string of the molecule is CCCC1CCCCN1C(C)c1ccc(C(=O)OC)o1. The first-order valence-corrected chi connectivity index (χ1v) is 7.61. The minimum absolute atomic E-state index is 0.213. The Bertz CT molecular complexity index is 439. The van der Waals surface area contributed by atoms with Crippen molar-refractivity contribution in [3.63, 3.8) is 0 Å². The first kappa shape index (κ1) is 15.1. The molecule has 0 N–H and O–H groups in total. The molecule has 2 rings (SSSR count). The monoisotopic (exact) mass is 279 g/mol. The summed E-state index contributed by atoms with van der Waals surface area (Å²) in [4.78, 5) is 14.0. The predicted molar refractivity (Wildman–Crippen MR) is 77.7 cm³/mol. The van der Waals surface area contributed by atoms with Crippen molar-refractivity contribution in [3.05, 3.63) is 23.7 Å². The molecule has 20 heavy (non-hydrogen) atoms. The lowest BCUT2D eigenvalue weighted by Crippen LogP contribution is -2.40. The largest absolute Gasteiger partial charge is 0.463 e. The maximum atomic E-state index is 11.5. The van der Waals surface area contributed by atoms with Crippen LogP contribution in [0, 0.1) is 0 Å². The van der Waals surface area contributed by atoms with Crippen molar-refractivity contribution >= 4 is 5.97 Å². The van der Waals surface area contributed by atoms with Crippen LogP contribution in [0.1, 0.15) is 68.3 Å². The van der Waals surface area contributed by atoms with Crippen LogP contribution < -0.4 is 0 Å². The van der Waals surface area contributed by atoms with E-state index in [-0.39, 0.29) is 6.04 Å². The van der Waals surface area contributed by atoms with Gasteiger partial charge in [-0.1, -0.05) is 19.8 Å². The average molecular weight is 279 g/mol. The van der Waals surface area contributed by atoms with Crippen LogP contribution in [0.3, 0.4) is 0 Å². The highest BCUT2D eigenvalue weighted by Gasteiger charge is 2.28. The van der Waals surface area contributed by atoms with Crippen molar-refractivity contribution in [1.29, 1.82) is 0 Å². The summed E-state index contributed by atoms with van der Waals surface area (Å²) < 4.78 is 10.3. The lowest BCUT2D eigenvalue weighted by atomic mass is 9.96. The Morgan fingerprint density at radius 3 is 3.00 bits per heavy atom. The van der Waals surface area contributed by atoms with E-state index < -0.39 is 5.97 Å². The van der Waals surface area contributed by atoms with Gasteiger partial charge in [0.15, 0.2) is 0 Å². The Morgan fingerprint density at radius 1 is 1.50 bits per heavy atom. The molecule has 2 atom stereocenters. The Balaban J connectivity index is 2.10. The molecule has 1 aromatic heterocycles. The number of carbonyl (C=O) groups is 1. The average Bonchev–Trinajstić information content (AvgIpc) is 2.96. The maximum Gasteiger partial charge on any atom is 0.373 e. The zero-order valence-corrected chi connectivity index (χ0v) is 12.7. The van der Waals surface area contributed by atoms with Gasteiger partial charge in [-0.25, -0.2) is 4.79 Å². The molecule has 4 heteroatoms. The fourth-order valence-electron chi connectivity index (χ4n) is 3.13. The highest BCUT2D eigenvalue weighted by molar-refractivity contribution is 5.86. The number of furan rings is 1. The van der Waals surface area contributed by atoms with E-state index in [2.05, 4.69) is 23.5 Å². The van der Waals surface area contributed by atoms with Crippen LogP contribution >= 0.6 is 0 Å². The van der Waals surface area contributed by atoms with E-state index in [4.69, 9.17) is 4.42 Å². The highest BCUT2D eigenvalue weighted by atomic mass is 16.5. The first-order valence-electron chi connectivity index (χ1n) is 7.61. The summed E-state index contributed by atoms with van der Waals surface area (Å²) in [6, 6.07) is 4.45. The molecule has 0 bridgehead atoms. The van der Waals surface area contributed by atoms with Crippen molar-refractivity contribution in [2.24, 2.45) is 0 Å². The summed E-state index contributed by atoms with van der Waals surface area (Å²) in [7, 11) is 1.37. The molecule has 2 unspecified atom stereocenters. The number of nitrogens with zero attached hydrogens (tertiary/aromatic N) is 1. The van der Waals surface area contributed by atoms with Crippen LogP contribution in [-0.2, 0) is 4.74 Å². The number of esters is 1. The topological polar surface area (TPSA) is 42.7 Å². The standard InChI is InChI=1S/C16H25NO3/c1-4-7-13-8-5-6-11-17(13)12(2)14-9-10-15(20-14)16(18)19-3/h9-10,12-13H,4-8,11H2,1-3H3. The van der Waals surface area contributed by atoms with Gasteiger partial charge in [0.25, 0.3) is 0 Å². The van der Waals surface area contributed by atoms with Gasteiger partial charge in [-0.2, -0.15) is 0 Å². The van der Waals surface area contributed by atoms with Gasteiger partial charge in [-0.05, 0) is 44.9 Å². The lowest BCUT2D eigenvalue weighted by molar-refractivity contribution is 0.0547. The molecule has 112 valence electrons. The Labute approximate surface area is 121 Å². The number of methoxy groups -OCH3 is 1. The van der Waals surface area contributed by atoms with Gasteiger partial charge in [0, 0.05) is 6.04 Å². The Hall–Kier alpha value is -1.29. The molecule has 0 radical (unpaired) electrons. The number of ether oxygens (including phenoxy) is 1. The third-order valence-corrected chi connectivity index (χ3v) is 4.22. The van der Waals surface area contributed by atoms with E-state index in [1.165, 1.54) is 39.2 Å². The van der Waals surface area contributed by atoms with Gasteiger partial charge < -0.3 is 9.15 Å².